The number of aromatic nitrogens is 4. The van der Waals surface area contributed by atoms with Crippen LogP contribution in [0.2, 0.25) is 0 Å². The standard InChI is InChI=1S/C30H25FN4O3/c1-15(2)25-26(28(30(36)37)35-27(25)21-12-17(31)13-24-19(21)8-10-32-24)20-9-11-33-29-22(20)14-23(34-29)16-4-6-18(38-3)7-5-16/h4-15,32,35H,1-3H3,(H,33,34)(H,36,37). The van der Waals surface area contributed by atoms with Gasteiger partial charge >= 0.3 is 5.97 Å². The van der Waals surface area contributed by atoms with Crippen molar-refractivity contribution in [3.8, 4) is 39.4 Å². The molecule has 0 aliphatic carbocycles. The Labute approximate surface area is 217 Å². The van der Waals surface area contributed by atoms with E-state index in [9.17, 15) is 14.3 Å². The summed E-state index contributed by atoms with van der Waals surface area (Å²) in [6.07, 6.45) is 3.42. The predicted octanol–water partition coefficient (Wildman–Crippen LogP) is 7.34. The van der Waals surface area contributed by atoms with Gasteiger partial charge in [-0.05, 0) is 77.2 Å². The van der Waals surface area contributed by atoms with Gasteiger partial charge in [0.25, 0.3) is 0 Å². The largest absolute Gasteiger partial charge is 0.497 e. The number of pyridine rings is 1. The molecule has 7 nitrogen and oxygen atoms in total. The maximum absolute atomic E-state index is 14.6. The molecule has 0 saturated carbocycles. The van der Waals surface area contributed by atoms with E-state index in [0.717, 1.165) is 38.9 Å². The molecule has 38 heavy (non-hydrogen) atoms. The van der Waals surface area contributed by atoms with Crippen LogP contribution < -0.4 is 4.74 Å². The van der Waals surface area contributed by atoms with Crippen LogP contribution in [0.15, 0.2) is 67.0 Å². The molecule has 0 saturated heterocycles. The van der Waals surface area contributed by atoms with E-state index < -0.39 is 11.8 Å². The Balaban J connectivity index is 1.62. The molecule has 0 spiro atoms. The Morgan fingerprint density at radius 3 is 2.50 bits per heavy atom. The summed E-state index contributed by atoms with van der Waals surface area (Å²) in [6, 6.07) is 16.2. The molecule has 8 heteroatoms. The number of ether oxygens (including phenoxy) is 1. The van der Waals surface area contributed by atoms with Gasteiger partial charge in [-0.2, -0.15) is 0 Å². The number of H-pyrrole nitrogens is 3. The van der Waals surface area contributed by atoms with Gasteiger partial charge in [0.2, 0.25) is 0 Å². The average molecular weight is 509 g/mol. The fourth-order valence-electron chi connectivity index (χ4n) is 5.25. The fraction of sp³-hybridized carbons (Fsp3) is 0.133. The Hall–Kier alpha value is -4.85. The van der Waals surface area contributed by atoms with Crippen LogP contribution in [0.1, 0.15) is 35.8 Å². The van der Waals surface area contributed by atoms with Crippen LogP contribution in [0.25, 0.3) is 55.6 Å². The van der Waals surface area contributed by atoms with Gasteiger partial charge in [-0.1, -0.05) is 13.8 Å². The molecule has 0 unspecified atom stereocenters. The normalized spacial score (nSPS) is 11.6. The summed E-state index contributed by atoms with van der Waals surface area (Å²) in [7, 11) is 1.62. The SMILES string of the molecule is COc1ccc(-c2cc3c(-c4c(C(=O)O)[nH]c(-c5cc(F)cc6[nH]ccc56)c4C(C)C)ccnc3[nH]2)cc1. The van der Waals surface area contributed by atoms with Crippen molar-refractivity contribution < 1.29 is 19.0 Å². The summed E-state index contributed by atoms with van der Waals surface area (Å²) in [5, 5.41) is 11.9. The highest BCUT2D eigenvalue weighted by Crippen LogP contribution is 2.44. The number of benzene rings is 2. The molecule has 2 aromatic carbocycles. The lowest BCUT2D eigenvalue weighted by Crippen LogP contribution is -2.00. The van der Waals surface area contributed by atoms with Crippen molar-refractivity contribution in [2.75, 3.05) is 7.11 Å². The molecular weight excluding hydrogens is 483 g/mol. The predicted molar refractivity (Wildman–Crippen MR) is 146 cm³/mol. The maximum Gasteiger partial charge on any atom is 0.352 e. The Morgan fingerprint density at radius 1 is 1.00 bits per heavy atom. The van der Waals surface area contributed by atoms with Crippen molar-refractivity contribution >= 4 is 27.9 Å². The molecule has 0 amide bonds. The van der Waals surface area contributed by atoms with Crippen LogP contribution >= 0.6 is 0 Å². The smallest absolute Gasteiger partial charge is 0.352 e. The van der Waals surface area contributed by atoms with Gasteiger partial charge in [0.1, 0.15) is 22.9 Å². The number of carbonyl (C=O) groups is 1. The zero-order chi connectivity index (χ0) is 26.6. The van der Waals surface area contributed by atoms with Gasteiger partial charge in [-0.3, -0.25) is 0 Å². The van der Waals surface area contributed by atoms with Crippen molar-refractivity contribution in [3.05, 3.63) is 84.1 Å². The molecule has 4 aromatic heterocycles. The van der Waals surface area contributed by atoms with Crippen molar-refractivity contribution in [1.29, 1.82) is 0 Å². The zero-order valence-electron chi connectivity index (χ0n) is 21.0. The first-order chi connectivity index (χ1) is 18.4. The summed E-state index contributed by atoms with van der Waals surface area (Å²) in [6.45, 7) is 4.02. The van der Waals surface area contributed by atoms with E-state index >= 15 is 0 Å². The highest BCUT2D eigenvalue weighted by atomic mass is 19.1. The fourth-order valence-corrected chi connectivity index (χ4v) is 5.25. The first-order valence-corrected chi connectivity index (χ1v) is 12.2. The molecule has 0 aliphatic rings. The van der Waals surface area contributed by atoms with Gasteiger partial charge in [0.15, 0.2) is 0 Å². The number of nitrogens with zero attached hydrogens (tertiary/aromatic N) is 1. The van der Waals surface area contributed by atoms with Gasteiger partial charge in [0, 0.05) is 45.5 Å². The van der Waals surface area contributed by atoms with Crippen LogP contribution in [0.4, 0.5) is 4.39 Å². The summed E-state index contributed by atoms with van der Waals surface area (Å²) in [5.74, 6) is -0.806. The highest BCUT2D eigenvalue weighted by molar-refractivity contribution is 6.07. The molecule has 0 atom stereocenters. The van der Waals surface area contributed by atoms with Crippen LogP contribution in [-0.2, 0) is 0 Å². The van der Waals surface area contributed by atoms with Crippen molar-refractivity contribution in [2.24, 2.45) is 0 Å². The van der Waals surface area contributed by atoms with E-state index in [-0.39, 0.29) is 11.6 Å². The van der Waals surface area contributed by atoms with E-state index in [0.29, 0.717) is 28.0 Å². The number of carboxylic acid groups (broad SMARTS) is 1. The van der Waals surface area contributed by atoms with E-state index in [1.165, 1.54) is 12.1 Å². The van der Waals surface area contributed by atoms with Crippen LogP contribution in [0.5, 0.6) is 5.75 Å². The van der Waals surface area contributed by atoms with Crippen LogP contribution in [0, 0.1) is 5.82 Å². The Kier molecular flexibility index (Phi) is 5.52. The first-order valence-electron chi connectivity index (χ1n) is 12.2. The van der Waals surface area contributed by atoms with Gasteiger partial charge in [-0.15, -0.1) is 0 Å². The minimum Gasteiger partial charge on any atom is -0.497 e. The molecule has 190 valence electrons. The van der Waals surface area contributed by atoms with E-state index in [4.69, 9.17) is 4.74 Å². The number of hydrogen-bond donors (Lipinski definition) is 4. The molecular formula is C30H25FN4O3. The number of carboxylic acids is 1. The van der Waals surface area contributed by atoms with Crippen molar-refractivity contribution in [3.63, 3.8) is 0 Å². The third-order valence-corrected chi connectivity index (χ3v) is 6.94. The number of rotatable bonds is 6. The minimum atomic E-state index is -1.09. The van der Waals surface area contributed by atoms with Crippen LogP contribution in [-0.4, -0.2) is 38.1 Å². The van der Waals surface area contributed by atoms with Gasteiger partial charge < -0.3 is 24.8 Å². The van der Waals surface area contributed by atoms with Gasteiger partial charge in [-0.25, -0.2) is 14.2 Å². The Morgan fingerprint density at radius 2 is 1.79 bits per heavy atom. The van der Waals surface area contributed by atoms with E-state index in [1.54, 1.807) is 19.5 Å². The number of nitrogens with one attached hydrogen (secondary N) is 3. The maximum atomic E-state index is 14.6. The molecule has 4 heterocycles. The third kappa shape index (κ3) is 3.73. The number of hydrogen-bond acceptors (Lipinski definition) is 3. The minimum absolute atomic E-state index is 0.0522. The third-order valence-electron chi connectivity index (χ3n) is 6.94. The topological polar surface area (TPSA) is 107 Å². The summed E-state index contributed by atoms with van der Waals surface area (Å²) in [4.78, 5) is 26.6. The van der Waals surface area contributed by atoms with Gasteiger partial charge in [0.05, 0.1) is 12.8 Å². The number of methoxy groups -OCH3 is 1. The first kappa shape index (κ1) is 23.5. The number of halogens is 1. The molecule has 0 fully saturated rings. The molecule has 6 rings (SSSR count). The number of aromatic amines is 3. The number of aromatic carboxylic acids is 1. The molecule has 4 N–H and O–H groups in total. The monoisotopic (exact) mass is 508 g/mol. The summed E-state index contributed by atoms with van der Waals surface area (Å²) >= 11 is 0. The van der Waals surface area contributed by atoms with E-state index in [2.05, 4.69) is 19.9 Å². The second-order valence-electron chi connectivity index (χ2n) is 9.55. The summed E-state index contributed by atoms with van der Waals surface area (Å²) in [5.41, 5.74) is 6.43. The van der Waals surface area contributed by atoms with Crippen molar-refractivity contribution in [1.82, 2.24) is 19.9 Å². The molecule has 0 radical (unpaired) electrons. The average Bonchev–Trinajstić information content (AvgIpc) is 3.64. The Bertz CT molecular complexity index is 1830. The summed E-state index contributed by atoms with van der Waals surface area (Å²) < 4.78 is 19.9. The lowest BCUT2D eigenvalue weighted by atomic mass is 9.89. The van der Waals surface area contributed by atoms with Crippen molar-refractivity contribution in [2.45, 2.75) is 19.8 Å². The van der Waals surface area contributed by atoms with Crippen LogP contribution in [0.3, 0.4) is 0 Å². The second kappa shape index (κ2) is 8.92. The molecule has 0 aliphatic heterocycles. The number of fused-ring (bicyclic) bond motifs is 2. The lowest BCUT2D eigenvalue weighted by molar-refractivity contribution is 0.0692. The molecule has 6 aromatic rings. The quantitative estimate of drug-likeness (QED) is 0.189. The molecule has 0 bridgehead atoms. The van der Waals surface area contributed by atoms with E-state index in [1.807, 2.05) is 56.3 Å². The second-order valence-corrected chi connectivity index (χ2v) is 9.55. The lowest BCUT2D eigenvalue weighted by Gasteiger charge is -2.13. The zero-order valence-corrected chi connectivity index (χ0v) is 21.0. The highest BCUT2D eigenvalue weighted by Gasteiger charge is 2.28.